The van der Waals surface area contributed by atoms with Gasteiger partial charge in [0.25, 0.3) is 11.8 Å². The SMILES string of the molecule is N#Cc1cc(/C=C\C2=C(C(=O)[O-])N3C(=O)[C@@H](NC(=O)/C(=N\O)c4nc(N)sc4Cl)[C@H]3SC2)on1.[Na+]. The van der Waals surface area contributed by atoms with E-state index >= 15 is 0 Å². The van der Waals surface area contributed by atoms with Crippen LogP contribution in [0.5, 0.6) is 0 Å². The molecule has 2 aromatic rings. The molecule has 0 saturated carbocycles. The summed E-state index contributed by atoms with van der Waals surface area (Å²) in [5, 5.41) is 38.0. The number of nitrogen functional groups attached to an aromatic ring is 1. The predicted molar refractivity (Wildman–Crippen MR) is 117 cm³/mol. The van der Waals surface area contributed by atoms with Gasteiger partial charge in [-0.15, -0.1) is 11.8 Å². The van der Waals surface area contributed by atoms with E-state index in [1.807, 2.05) is 0 Å². The Bertz CT molecular complexity index is 1350. The molecular weight excluding hydrogens is 533 g/mol. The molecule has 174 valence electrons. The smallest absolute Gasteiger partial charge is 0.543 e. The van der Waals surface area contributed by atoms with Crippen LogP contribution >= 0.6 is 34.7 Å². The van der Waals surface area contributed by atoms with E-state index in [0.717, 1.165) is 16.2 Å². The minimum absolute atomic E-state index is 0. The summed E-state index contributed by atoms with van der Waals surface area (Å²) in [5.74, 6) is -2.86. The van der Waals surface area contributed by atoms with Crippen molar-refractivity contribution < 1.29 is 58.8 Å². The third-order valence-electron chi connectivity index (χ3n) is 4.71. The number of rotatable bonds is 6. The van der Waals surface area contributed by atoms with Crippen LogP contribution < -0.4 is 45.7 Å². The summed E-state index contributed by atoms with van der Waals surface area (Å²) >= 11 is 8.01. The molecule has 0 spiro atoms. The van der Waals surface area contributed by atoms with E-state index in [2.05, 4.69) is 20.6 Å². The summed E-state index contributed by atoms with van der Waals surface area (Å²) in [6.07, 6.45) is 2.82. The van der Waals surface area contributed by atoms with E-state index in [9.17, 15) is 24.7 Å². The van der Waals surface area contributed by atoms with E-state index in [-0.39, 0.29) is 73.2 Å². The van der Waals surface area contributed by atoms with Crippen molar-refractivity contribution in [2.75, 3.05) is 11.5 Å². The van der Waals surface area contributed by atoms with Crippen LogP contribution in [0, 0.1) is 11.3 Å². The van der Waals surface area contributed by atoms with Crippen LogP contribution in [0.3, 0.4) is 0 Å². The van der Waals surface area contributed by atoms with Gasteiger partial charge in [-0.2, -0.15) is 5.26 Å². The predicted octanol–water partition coefficient (Wildman–Crippen LogP) is -3.46. The second-order valence-corrected chi connectivity index (χ2v) is 9.44. The number of allylic oxidation sites excluding steroid dienone is 1. The second-order valence-electron chi connectivity index (χ2n) is 6.70. The average molecular weight is 544 g/mol. The maximum Gasteiger partial charge on any atom is 1.00 e. The molecule has 2 aliphatic rings. The maximum atomic E-state index is 12.7. The van der Waals surface area contributed by atoms with Gasteiger partial charge in [0.15, 0.2) is 22.3 Å². The van der Waals surface area contributed by atoms with Gasteiger partial charge in [-0.1, -0.05) is 39.3 Å². The van der Waals surface area contributed by atoms with Crippen LogP contribution in [0.15, 0.2) is 33.1 Å². The van der Waals surface area contributed by atoms with Crippen molar-refractivity contribution in [3.63, 3.8) is 0 Å². The summed E-state index contributed by atoms with van der Waals surface area (Å²) in [5.41, 5.74) is 4.79. The first kappa shape index (κ1) is 26.7. The summed E-state index contributed by atoms with van der Waals surface area (Å²) in [7, 11) is 0. The number of nitrogens with one attached hydrogen (secondary N) is 1. The molecule has 2 aliphatic heterocycles. The number of halogens is 1. The van der Waals surface area contributed by atoms with Gasteiger partial charge in [-0.25, -0.2) is 4.98 Å². The first-order valence-electron chi connectivity index (χ1n) is 9.14. The molecule has 0 aliphatic carbocycles. The summed E-state index contributed by atoms with van der Waals surface area (Å²) in [6, 6.07) is 2.06. The monoisotopic (exact) mass is 543 g/mol. The number of nitriles is 1. The van der Waals surface area contributed by atoms with Gasteiger partial charge in [0.2, 0.25) is 0 Å². The van der Waals surface area contributed by atoms with Gasteiger partial charge >= 0.3 is 29.6 Å². The number of carbonyl (C=O) groups excluding carboxylic acids is 3. The maximum absolute atomic E-state index is 12.7. The van der Waals surface area contributed by atoms with E-state index in [0.29, 0.717) is 0 Å². The molecule has 1 fully saturated rings. The zero-order chi connectivity index (χ0) is 24.6. The summed E-state index contributed by atoms with van der Waals surface area (Å²) < 4.78 is 4.95. The Morgan fingerprint density at radius 3 is 2.80 bits per heavy atom. The molecule has 2 amide bonds. The number of thioether (sulfide) groups is 1. The largest absolute Gasteiger partial charge is 1.00 e. The molecule has 0 radical (unpaired) electrons. The van der Waals surface area contributed by atoms with Crippen molar-refractivity contribution >= 4 is 69.4 Å². The number of amides is 2. The van der Waals surface area contributed by atoms with E-state index < -0.39 is 34.9 Å². The molecule has 4 rings (SSSR count). The van der Waals surface area contributed by atoms with Crippen molar-refractivity contribution in [2.45, 2.75) is 11.4 Å². The van der Waals surface area contributed by atoms with Gasteiger partial charge in [0.1, 0.15) is 27.5 Å². The Labute approximate surface area is 231 Å². The molecule has 2 aromatic heterocycles. The van der Waals surface area contributed by atoms with Crippen molar-refractivity contribution in [1.82, 2.24) is 20.4 Å². The number of nitrogens with two attached hydrogens (primary N) is 1. The van der Waals surface area contributed by atoms with Gasteiger partial charge in [-0.05, 0) is 11.6 Å². The Morgan fingerprint density at radius 1 is 1.49 bits per heavy atom. The molecule has 35 heavy (non-hydrogen) atoms. The number of hydrogen-bond acceptors (Lipinski definition) is 13. The fourth-order valence-corrected chi connectivity index (χ4v) is 5.48. The van der Waals surface area contributed by atoms with E-state index in [1.54, 1.807) is 6.07 Å². The van der Waals surface area contributed by atoms with Crippen LogP contribution in [0.25, 0.3) is 6.08 Å². The molecule has 0 aromatic carbocycles. The minimum Gasteiger partial charge on any atom is -0.543 e. The number of hydrogen-bond donors (Lipinski definition) is 3. The number of fused-ring (bicyclic) bond motifs is 1. The summed E-state index contributed by atoms with van der Waals surface area (Å²) in [4.78, 5) is 42.0. The average Bonchev–Trinajstić information content (AvgIpc) is 3.41. The first-order chi connectivity index (χ1) is 16.2. The van der Waals surface area contributed by atoms with Crippen LogP contribution in [-0.2, 0) is 14.4 Å². The van der Waals surface area contributed by atoms with Crippen LogP contribution in [0.2, 0.25) is 4.34 Å². The molecule has 1 saturated heterocycles. The van der Waals surface area contributed by atoms with Gasteiger partial charge in [0.05, 0.1) is 11.7 Å². The van der Waals surface area contributed by atoms with E-state index in [4.69, 9.17) is 27.1 Å². The van der Waals surface area contributed by atoms with Crippen LogP contribution in [-0.4, -0.2) is 60.9 Å². The Balaban J connectivity index is 0.00000342. The Kier molecular flexibility index (Phi) is 8.26. The number of carboxylic acids is 1. The number of carboxylic acid groups (broad SMARTS) is 1. The number of anilines is 1. The number of thiazole rings is 1. The second kappa shape index (κ2) is 10.8. The minimum atomic E-state index is -1.58. The Morgan fingerprint density at radius 2 is 2.23 bits per heavy atom. The zero-order valence-electron chi connectivity index (χ0n) is 17.6. The van der Waals surface area contributed by atoms with Crippen molar-refractivity contribution in [2.24, 2.45) is 5.16 Å². The Hall–Kier alpha value is -2.87. The topological polar surface area (TPSA) is 211 Å². The standard InChI is InChI=1S/C18H12ClN7O6S2.Na/c19-13-9(23-18(21)34-13)10(24-31)14(27)22-11-15(28)26-12(17(29)30)6(5-33-16(11)26)1-2-8-3-7(4-20)25-32-8;/h1-3,11,16,31H,5H2,(H2,21,23)(H,22,27)(H,29,30);/q;+1/p-1/b2-1-,24-10-;/t11-,16-;/m1./s1. The number of carbonyl (C=O) groups is 3. The molecule has 2 atom stereocenters. The van der Waals surface area contributed by atoms with Crippen molar-refractivity contribution in [1.29, 1.82) is 5.26 Å². The zero-order valence-corrected chi connectivity index (χ0v) is 22.0. The number of β-lactam (4-membered cyclic amide) rings is 1. The first-order valence-corrected chi connectivity index (χ1v) is 11.4. The molecule has 17 heteroatoms. The normalized spacial score (nSPS) is 19.6. The molecule has 13 nitrogen and oxygen atoms in total. The number of nitrogens with zero attached hydrogens (tertiary/aromatic N) is 5. The van der Waals surface area contributed by atoms with Gasteiger partial charge in [0, 0.05) is 11.8 Å². The van der Waals surface area contributed by atoms with Gasteiger partial charge < -0.3 is 30.7 Å². The van der Waals surface area contributed by atoms with Gasteiger partial charge in [-0.3, -0.25) is 14.5 Å². The van der Waals surface area contributed by atoms with E-state index in [1.165, 1.54) is 30.0 Å². The molecule has 0 bridgehead atoms. The van der Waals surface area contributed by atoms with Crippen molar-refractivity contribution in [3.8, 4) is 6.07 Å². The summed E-state index contributed by atoms with van der Waals surface area (Å²) in [6.45, 7) is 0. The third-order valence-corrected chi connectivity index (χ3v) is 7.10. The van der Waals surface area contributed by atoms with Crippen molar-refractivity contribution in [3.05, 3.63) is 44.9 Å². The third kappa shape index (κ3) is 5.08. The number of aliphatic carboxylic acids is 1. The number of oxime groups is 1. The quantitative estimate of drug-likeness (QED) is 0.107. The fourth-order valence-electron chi connectivity index (χ4n) is 3.24. The molecule has 4 N–H and O–H groups in total. The van der Waals surface area contributed by atoms with Crippen LogP contribution in [0.1, 0.15) is 17.1 Å². The van der Waals surface area contributed by atoms with Crippen LogP contribution in [0.4, 0.5) is 5.13 Å². The number of aromatic nitrogens is 2. The molecule has 4 heterocycles. The molecule has 0 unspecified atom stereocenters. The molecular formula is C18H11ClN7NaO6S2. The fraction of sp³-hybridized carbons (Fsp3) is 0.167.